The molecule has 1 aliphatic heterocycles. The second-order valence-electron chi connectivity index (χ2n) is 4.86. The Morgan fingerprint density at radius 3 is 2.47 bits per heavy atom. The molecule has 0 bridgehead atoms. The molecule has 0 aromatic heterocycles. The van der Waals surface area contributed by atoms with Crippen LogP contribution in [0.5, 0.6) is 0 Å². The van der Waals surface area contributed by atoms with Crippen molar-refractivity contribution in [1.82, 2.24) is 0 Å². The number of hydrogen-bond acceptors (Lipinski definition) is 3. The van der Waals surface area contributed by atoms with Crippen LogP contribution in [0.15, 0.2) is 0 Å². The highest BCUT2D eigenvalue weighted by Crippen LogP contribution is 2.47. The van der Waals surface area contributed by atoms with Gasteiger partial charge in [-0.15, -0.1) is 0 Å². The molecule has 5 heteroatoms. The molecule has 1 unspecified atom stereocenters. The number of ether oxygens (including phenoxy) is 1. The van der Waals surface area contributed by atoms with Crippen molar-refractivity contribution in [3.63, 3.8) is 0 Å². The summed E-state index contributed by atoms with van der Waals surface area (Å²) in [7, 11) is -3.41. The quantitative estimate of drug-likeness (QED) is 0.774. The molecule has 88 valence electrons. The predicted molar refractivity (Wildman–Crippen MR) is 57.8 cm³/mol. The van der Waals surface area contributed by atoms with Crippen LogP contribution >= 0.6 is 0 Å². The largest absolute Gasteiger partial charge is 0.377 e. The van der Waals surface area contributed by atoms with Crippen molar-refractivity contribution in [3.8, 4) is 0 Å². The molecule has 0 aromatic carbocycles. The highest BCUT2D eigenvalue weighted by molar-refractivity contribution is 7.89. The number of hydrogen-bond donors (Lipinski definition) is 1. The molecule has 2 rings (SSSR count). The SMILES string of the molecule is NS(=O)(=O)CC1OCCC12CCCCC2. The summed E-state index contributed by atoms with van der Waals surface area (Å²) < 4.78 is 27.8. The van der Waals surface area contributed by atoms with E-state index in [0.717, 1.165) is 19.3 Å². The first-order valence-electron chi connectivity index (χ1n) is 5.64. The molecule has 0 radical (unpaired) electrons. The minimum Gasteiger partial charge on any atom is -0.377 e. The van der Waals surface area contributed by atoms with Gasteiger partial charge in [0.05, 0.1) is 11.9 Å². The van der Waals surface area contributed by atoms with E-state index in [9.17, 15) is 8.42 Å². The molecule has 15 heavy (non-hydrogen) atoms. The summed E-state index contributed by atoms with van der Waals surface area (Å²) in [4.78, 5) is 0. The monoisotopic (exact) mass is 233 g/mol. The van der Waals surface area contributed by atoms with E-state index in [-0.39, 0.29) is 17.3 Å². The maximum absolute atomic E-state index is 11.1. The zero-order valence-electron chi connectivity index (χ0n) is 8.94. The topological polar surface area (TPSA) is 69.4 Å². The predicted octanol–water partition coefficient (Wildman–Crippen LogP) is 1.01. The maximum Gasteiger partial charge on any atom is 0.211 e. The van der Waals surface area contributed by atoms with Gasteiger partial charge >= 0.3 is 0 Å². The molecular weight excluding hydrogens is 214 g/mol. The summed E-state index contributed by atoms with van der Waals surface area (Å²) in [5, 5.41) is 5.10. The Morgan fingerprint density at radius 2 is 1.87 bits per heavy atom. The molecule has 2 aliphatic rings. The fourth-order valence-electron chi connectivity index (χ4n) is 3.01. The van der Waals surface area contributed by atoms with E-state index in [0.29, 0.717) is 6.61 Å². The lowest BCUT2D eigenvalue weighted by Gasteiger charge is -2.37. The van der Waals surface area contributed by atoms with E-state index >= 15 is 0 Å². The number of nitrogens with two attached hydrogens (primary N) is 1. The number of sulfonamides is 1. The van der Waals surface area contributed by atoms with E-state index in [1.165, 1.54) is 19.3 Å². The van der Waals surface area contributed by atoms with Crippen molar-refractivity contribution < 1.29 is 13.2 Å². The molecule has 1 atom stereocenters. The highest BCUT2D eigenvalue weighted by Gasteiger charge is 2.45. The molecule has 1 heterocycles. The molecule has 4 nitrogen and oxygen atoms in total. The van der Waals surface area contributed by atoms with Gasteiger partial charge in [0.15, 0.2) is 0 Å². The molecule has 1 saturated carbocycles. The number of primary sulfonamides is 1. The van der Waals surface area contributed by atoms with Crippen molar-refractivity contribution in [3.05, 3.63) is 0 Å². The minimum atomic E-state index is -3.41. The van der Waals surface area contributed by atoms with E-state index in [1.54, 1.807) is 0 Å². The summed E-state index contributed by atoms with van der Waals surface area (Å²) in [6.07, 6.45) is 6.72. The van der Waals surface area contributed by atoms with Crippen LogP contribution in [0.2, 0.25) is 0 Å². The Labute approximate surface area is 91.2 Å². The molecular formula is C10H19NO3S. The summed E-state index contributed by atoms with van der Waals surface area (Å²) in [6.45, 7) is 0.695. The van der Waals surface area contributed by atoms with Gasteiger partial charge in [-0.2, -0.15) is 0 Å². The molecule has 0 amide bonds. The molecule has 1 saturated heterocycles. The van der Waals surface area contributed by atoms with Gasteiger partial charge in [0.1, 0.15) is 0 Å². The fourth-order valence-corrected chi connectivity index (χ4v) is 3.88. The van der Waals surface area contributed by atoms with Crippen LogP contribution < -0.4 is 5.14 Å². The molecule has 2 fully saturated rings. The first-order chi connectivity index (χ1) is 7.02. The van der Waals surface area contributed by atoms with Gasteiger partial charge in [0.2, 0.25) is 10.0 Å². The summed E-state index contributed by atoms with van der Waals surface area (Å²) >= 11 is 0. The van der Waals surface area contributed by atoms with Gasteiger partial charge in [-0.1, -0.05) is 19.3 Å². The molecule has 1 spiro atoms. The lowest BCUT2D eigenvalue weighted by Crippen LogP contribution is -2.39. The van der Waals surface area contributed by atoms with Gasteiger partial charge in [0, 0.05) is 6.61 Å². The number of rotatable bonds is 2. The van der Waals surface area contributed by atoms with Crippen LogP contribution in [0.25, 0.3) is 0 Å². The Hall–Kier alpha value is -0.130. The van der Waals surface area contributed by atoms with Crippen LogP contribution in [0.4, 0.5) is 0 Å². The van der Waals surface area contributed by atoms with Gasteiger partial charge in [0.25, 0.3) is 0 Å². The van der Waals surface area contributed by atoms with Gasteiger partial charge in [-0.3, -0.25) is 0 Å². The zero-order valence-corrected chi connectivity index (χ0v) is 9.76. The van der Waals surface area contributed by atoms with Gasteiger partial charge < -0.3 is 4.74 Å². The van der Waals surface area contributed by atoms with E-state index in [4.69, 9.17) is 9.88 Å². The van der Waals surface area contributed by atoms with E-state index < -0.39 is 10.0 Å². The Bertz CT molecular complexity index is 320. The third-order valence-corrected chi connectivity index (χ3v) is 4.60. The van der Waals surface area contributed by atoms with Crippen molar-refractivity contribution in [1.29, 1.82) is 0 Å². The second-order valence-corrected chi connectivity index (χ2v) is 6.52. The lowest BCUT2D eigenvalue weighted by molar-refractivity contribution is 0.0446. The van der Waals surface area contributed by atoms with Gasteiger partial charge in [-0.25, -0.2) is 13.6 Å². The minimum absolute atomic E-state index is 0.00694. The summed E-state index contributed by atoms with van der Waals surface area (Å²) in [6, 6.07) is 0. The third kappa shape index (κ3) is 2.52. The average Bonchev–Trinajstić information content (AvgIpc) is 2.48. The fraction of sp³-hybridized carbons (Fsp3) is 1.00. The third-order valence-electron chi connectivity index (χ3n) is 3.84. The normalized spacial score (nSPS) is 30.9. The van der Waals surface area contributed by atoms with Crippen LogP contribution in [-0.2, 0) is 14.8 Å². The van der Waals surface area contributed by atoms with Crippen LogP contribution in [0.3, 0.4) is 0 Å². The van der Waals surface area contributed by atoms with Gasteiger partial charge in [-0.05, 0) is 24.7 Å². The first kappa shape index (κ1) is 11.4. The second kappa shape index (κ2) is 4.03. The molecule has 2 N–H and O–H groups in total. The molecule has 0 aromatic rings. The maximum atomic E-state index is 11.1. The Kier molecular flexibility index (Phi) is 3.05. The standard InChI is InChI=1S/C10H19NO3S/c11-15(12,13)8-9-10(6-7-14-9)4-2-1-3-5-10/h9H,1-8H2,(H2,11,12,13). The zero-order chi connectivity index (χ0) is 10.9. The van der Waals surface area contributed by atoms with E-state index in [1.807, 2.05) is 0 Å². The average molecular weight is 233 g/mol. The lowest BCUT2D eigenvalue weighted by atomic mass is 9.70. The Morgan fingerprint density at radius 1 is 1.20 bits per heavy atom. The summed E-state index contributed by atoms with van der Waals surface area (Å²) in [5.74, 6) is -0.00694. The van der Waals surface area contributed by atoms with Crippen molar-refractivity contribution in [2.45, 2.75) is 44.6 Å². The molecule has 1 aliphatic carbocycles. The van der Waals surface area contributed by atoms with Crippen molar-refractivity contribution in [2.75, 3.05) is 12.4 Å². The van der Waals surface area contributed by atoms with Crippen molar-refractivity contribution in [2.24, 2.45) is 10.6 Å². The Balaban J connectivity index is 2.10. The van der Waals surface area contributed by atoms with Crippen LogP contribution in [0.1, 0.15) is 38.5 Å². The van der Waals surface area contributed by atoms with E-state index in [2.05, 4.69) is 0 Å². The smallest absolute Gasteiger partial charge is 0.211 e. The first-order valence-corrected chi connectivity index (χ1v) is 7.36. The summed E-state index contributed by atoms with van der Waals surface area (Å²) in [5.41, 5.74) is 0.116. The van der Waals surface area contributed by atoms with Crippen molar-refractivity contribution >= 4 is 10.0 Å². The van der Waals surface area contributed by atoms with Crippen LogP contribution in [-0.4, -0.2) is 26.9 Å². The highest BCUT2D eigenvalue weighted by atomic mass is 32.2. The van der Waals surface area contributed by atoms with Crippen LogP contribution in [0, 0.1) is 5.41 Å².